The van der Waals surface area contributed by atoms with Crippen LogP contribution in [0.4, 0.5) is 0 Å². The van der Waals surface area contributed by atoms with Crippen LogP contribution in [0.15, 0.2) is 29.4 Å². The first-order chi connectivity index (χ1) is 9.92. The van der Waals surface area contributed by atoms with Crippen molar-refractivity contribution in [3.05, 3.63) is 51.3 Å². The van der Waals surface area contributed by atoms with Crippen molar-refractivity contribution in [2.24, 2.45) is 10.9 Å². The van der Waals surface area contributed by atoms with E-state index in [0.29, 0.717) is 32.8 Å². The molecule has 0 saturated heterocycles. The summed E-state index contributed by atoms with van der Waals surface area (Å²) in [5, 5.41) is 12.8. The molecule has 1 heterocycles. The predicted octanol–water partition coefficient (Wildman–Crippen LogP) is 3.89. The van der Waals surface area contributed by atoms with Gasteiger partial charge in [0.2, 0.25) is 0 Å². The number of ether oxygens (including phenoxy) is 1. The Morgan fingerprint density at radius 2 is 1.95 bits per heavy atom. The summed E-state index contributed by atoms with van der Waals surface area (Å²) in [6.07, 6.45) is 0. The van der Waals surface area contributed by atoms with Crippen LogP contribution in [0.5, 0.6) is 11.5 Å². The summed E-state index contributed by atoms with van der Waals surface area (Å²) in [5.74, 6) is 0.675. The van der Waals surface area contributed by atoms with Crippen LogP contribution in [0.1, 0.15) is 17.0 Å². The third kappa shape index (κ3) is 3.37. The highest BCUT2D eigenvalue weighted by Gasteiger charge is 2.16. The molecule has 0 saturated carbocycles. The molecule has 0 amide bonds. The Morgan fingerprint density at radius 1 is 1.24 bits per heavy atom. The topological polar surface area (TPSA) is 80.7 Å². The number of aromatic nitrogens is 1. The Balaban J connectivity index is 2.55. The lowest BCUT2D eigenvalue weighted by Crippen LogP contribution is -2.17. The lowest BCUT2D eigenvalue weighted by atomic mass is 10.1. The van der Waals surface area contributed by atoms with Crippen LogP contribution in [0.25, 0.3) is 0 Å². The van der Waals surface area contributed by atoms with Gasteiger partial charge in [-0.3, -0.25) is 4.98 Å². The number of nitrogens with two attached hydrogens (primary N) is 1. The highest BCUT2D eigenvalue weighted by molar-refractivity contribution is 6.34. The average Bonchev–Trinajstić information content (AvgIpc) is 2.41. The molecule has 2 aromatic rings. The number of amidine groups is 1. The zero-order valence-electron chi connectivity index (χ0n) is 11.4. The summed E-state index contributed by atoms with van der Waals surface area (Å²) in [5.41, 5.74) is 7.40. The number of benzene rings is 1. The van der Waals surface area contributed by atoms with Gasteiger partial charge in [-0.1, -0.05) is 28.4 Å². The van der Waals surface area contributed by atoms with Gasteiger partial charge in [-0.25, -0.2) is 0 Å². The highest BCUT2D eigenvalue weighted by atomic mass is 35.5. The predicted molar refractivity (Wildman–Crippen MR) is 82.8 cm³/mol. The van der Waals surface area contributed by atoms with Crippen molar-refractivity contribution < 1.29 is 9.94 Å². The number of hydrogen-bond donors (Lipinski definition) is 2. The van der Waals surface area contributed by atoms with Gasteiger partial charge in [0.25, 0.3) is 0 Å². The molecule has 110 valence electrons. The van der Waals surface area contributed by atoms with Gasteiger partial charge in [0, 0.05) is 22.8 Å². The number of pyridine rings is 1. The average molecular weight is 326 g/mol. The van der Waals surface area contributed by atoms with Crippen molar-refractivity contribution in [3.63, 3.8) is 0 Å². The lowest BCUT2D eigenvalue weighted by molar-refractivity contribution is 0.318. The van der Waals surface area contributed by atoms with Crippen LogP contribution in [0.2, 0.25) is 10.0 Å². The fraction of sp³-hybridized carbons (Fsp3) is 0.143. The van der Waals surface area contributed by atoms with E-state index in [4.69, 9.17) is 38.9 Å². The van der Waals surface area contributed by atoms with Crippen LogP contribution in [0.3, 0.4) is 0 Å². The van der Waals surface area contributed by atoms with E-state index in [9.17, 15) is 0 Å². The number of oxime groups is 1. The molecule has 0 atom stereocenters. The fourth-order valence-corrected chi connectivity index (χ4v) is 2.23. The lowest BCUT2D eigenvalue weighted by Gasteiger charge is -2.14. The minimum absolute atomic E-state index is 0.0897. The van der Waals surface area contributed by atoms with Gasteiger partial charge in [-0.05, 0) is 26.0 Å². The maximum absolute atomic E-state index is 8.90. The molecular weight excluding hydrogens is 313 g/mol. The standard InChI is InChI=1S/C14H13Cl2N3O2/c1-7-5-12(13(8(2)18-7)14(17)19-20)21-11-6-9(15)3-4-10(11)16/h3-6,20H,1-2H3,(H2,17,19). The second-order valence-corrected chi connectivity index (χ2v) is 5.23. The highest BCUT2D eigenvalue weighted by Crippen LogP contribution is 2.34. The van der Waals surface area contributed by atoms with E-state index in [2.05, 4.69) is 10.1 Å². The van der Waals surface area contributed by atoms with Gasteiger partial charge >= 0.3 is 0 Å². The molecule has 3 N–H and O–H groups in total. The van der Waals surface area contributed by atoms with E-state index in [0.717, 1.165) is 5.69 Å². The van der Waals surface area contributed by atoms with Crippen LogP contribution in [-0.2, 0) is 0 Å². The molecule has 0 unspecified atom stereocenters. The van der Waals surface area contributed by atoms with E-state index < -0.39 is 0 Å². The first kappa shape index (κ1) is 15.4. The summed E-state index contributed by atoms with van der Waals surface area (Å²) in [6.45, 7) is 3.56. The molecule has 0 aliphatic rings. The van der Waals surface area contributed by atoms with E-state index in [-0.39, 0.29) is 5.84 Å². The monoisotopic (exact) mass is 325 g/mol. The molecule has 2 rings (SSSR count). The first-order valence-electron chi connectivity index (χ1n) is 6.01. The van der Waals surface area contributed by atoms with Crippen LogP contribution < -0.4 is 10.5 Å². The Hall–Kier alpha value is -1.98. The van der Waals surface area contributed by atoms with E-state index in [1.165, 1.54) is 0 Å². The summed E-state index contributed by atoms with van der Waals surface area (Å²) < 4.78 is 5.78. The summed E-state index contributed by atoms with van der Waals surface area (Å²) in [4.78, 5) is 4.27. The van der Waals surface area contributed by atoms with Crippen LogP contribution in [-0.4, -0.2) is 16.0 Å². The van der Waals surface area contributed by atoms with Gasteiger partial charge in [-0.15, -0.1) is 0 Å². The summed E-state index contributed by atoms with van der Waals surface area (Å²) >= 11 is 12.0. The van der Waals surface area contributed by atoms with Crippen molar-refractivity contribution in [3.8, 4) is 11.5 Å². The molecule has 0 spiro atoms. The van der Waals surface area contributed by atoms with Gasteiger partial charge in [0.05, 0.1) is 16.3 Å². The van der Waals surface area contributed by atoms with E-state index in [1.54, 1.807) is 31.2 Å². The fourth-order valence-electron chi connectivity index (χ4n) is 1.91. The van der Waals surface area contributed by atoms with Gasteiger partial charge < -0.3 is 15.7 Å². The molecule has 0 fully saturated rings. The number of aryl methyl sites for hydroxylation is 2. The molecule has 0 aliphatic carbocycles. The summed E-state index contributed by atoms with van der Waals surface area (Å²) in [6, 6.07) is 6.55. The van der Waals surface area contributed by atoms with Crippen LogP contribution in [0, 0.1) is 13.8 Å². The summed E-state index contributed by atoms with van der Waals surface area (Å²) in [7, 11) is 0. The second kappa shape index (κ2) is 6.20. The quantitative estimate of drug-likeness (QED) is 0.388. The molecule has 1 aromatic heterocycles. The minimum Gasteiger partial charge on any atom is -0.455 e. The smallest absolute Gasteiger partial charge is 0.175 e. The van der Waals surface area contributed by atoms with E-state index in [1.807, 2.05) is 6.92 Å². The Kier molecular flexibility index (Phi) is 4.55. The van der Waals surface area contributed by atoms with Gasteiger partial charge in [0.1, 0.15) is 11.5 Å². The molecule has 21 heavy (non-hydrogen) atoms. The SMILES string of the molecule is Cc1cc(Oc2cc(Cl)ccc2Cl)c(/C(N)=N/O)c(C)n1. The third-order valence-corrected chi connectivity index (χ3v) is 3.32. The molecular formula is C14H13Cl2N3O2. The number of halogens is 2. The van der Waals surface area contributed by atoms with Gasteiger partial charge in [0.15, 0.2) is 5.84 Å². The van der Waals surface area contributed by atoms with Crippen molar-refractivity contribution in [2.45, 2.75) is 13.8 Å². The maximum atomic E-state index is 8.90. The Labute approximate surface area is 132 Å². The molecule has 1 aromatic carbocycles. The van der Waals surface area contributed by atoms with Gasteiger partial charge in [-0.2, -0.15) is 0 Å². The zero-order valence-corrected chi connectivity index (χ0v) is 12.9. The van der Waals surface area contributed by atoms with Crippen molar-refractivity contribution in [2.75, 3.05) is 0 Å². The van der Waals surface area contributed by atoms with Crippen molar-refractivity contribution in [1.82, 2.24) is 4.98 Å². The molecule has 5 nitrogen and oxygen atoms in total. The first-order valence-corrected chi connectivity index (χ1v) is 6.77. The maximum Gasteiger partial charge on any atom is 0.175 e. The molecule has 0 aliphatic heterocycles. The van der Waals surface area contributed by atoms with Crippen molar-refractivity contribution in [1.29, 1.82) is 0 Å². The second-order valence-electron chi connectivity index (χ2n) is 4.38. The van der Waals surface area contributed by atoms with Crippen molar-refractivity contribution >= 4 is 29.0 Å². The van der Waals surface area contributed by atoms with E-state index >= 15 is 0 Å². The Morgan fingerprint density at radius 3 is 2.62 bits per heavy atom. The van der Waals surface area contributed by atoms with Crippen LogP contribution >= 0.6 is 23.2 Å². The largest absolute Gasteiger partial charge is 0.455 e. The molecule has 0 radical (unpaired) electrons. The zero-order chi connectivity index (χ0) is 15.6. The molecule has 0 bridgehead atoms. The number of hydrogen-bond acceptors (Lipinski definition) is 4. The minimum atomic E-state index is -0.0897. The third-order valence-electron chi connectivity index (χ3n) is 2.77. The number of nitrogens with zero attached hydrogens (tertiary/aromatic N) is 2. The Bertz CT molecular complexity index is 718. The number of rotatable bonds is 3. The normalized spacial score (nSPS) is 11.5. The molecule has 7 heteroatoms.